The summed E-state index contributed by atoms with van der Waals surface area (Å²) in [5.74, 6) is -0.496. The van der Waals surface area contributed by atoms with Gasteiger partial charge >= 0.3 is 0 Å². The molecule has 0 aliphatic rings. The van der Waals surface area contributed by atoms with Gasteiger partial charge in [-0.1, -0.05) is 19.1 Å². The first kappa shape index (κ1) is 12.7. The lowest BCUT2D eigenvalue weighted by atomic mass is 9.93. The van der Waals surface area contributed by atoms with Crippen LogP contribution in [-0.4, -0.2) is 10.1 Å². The fourth-order valence-corrected chi connectivity index (χ4v) is 2.03. The first-order valence-corrected chi connectivity index (χ1v) is 5.94. The molecule has 1 aromatic heterocycles. The molecule has 0 amide bonds. The molecule has 2 nitrogen and oxygen atoms in total. The van der Waals surface area contributed by atoms with Gasteiger partial charge in [0.05, 0.1) is 6.10 Å². The van der Waals surface area contributed by atoms with E-state index in [1.165, 1.54) is 12.1 Å². The molecule has 2 aromatic rings. The number of hydrogen-bond donors (Lipinski definition) is 1. The number of pyridine rings is 1. The average molecular weight is 245 g/mol. The summed E-state index contributed by atoms with van der Waals surface area (Å²) in [6.07, 6.45) is 0.935. The summed E-state index contributed by atoms with van der Waals surface area (Å²) in [4.78, 5) is 4.22. The normalized spacial score (nSPS) is 14.2. The van der Waals surface area contributed by atoms with Crippen molar-refractivity contribution in [2.75, 3.05) is 0 Å². The quantitative estimate of drug-likeness (QED) is 0.899. The second-order valence-corrected chi connectivity index (χ2v) is 4.55. The van der Waals surface area contributed by atoms with Crippen LogP contribution >= 0.6 is 0 Å². The average Bonchev–Trinajstić information content (AvgIpc) is 2.37. The molecule has 0 radical (unpaired) electrons. The number of aliphatic hydroxyl groups excluding tert-OH is 1. The Kier molecular flexibility index (Phi) is 3.72. The molecule has 2 atom stereocenters. The van der Waals surface area contributed by atoms with E-state index in [9.17, 15) is 9.50 Å². The van der Waals surface area contributed by atoms with Crippen LogP contribution in [0.3, 0.4) is 0 Å². The minimum Gasteiger partial charge on any atom is -0.388 e. The minimum atomic E-state index is -0.755. The maximum Gasteiger partial charge on any atom is 0.123 e. The fourth-order valence-electron chi connectivity index (χ4n) is 2.03. The number of aliphatic hydroxyl groups is 1. The molecule has 0 aliphatic heterocycles. The molecular weight excluding hydrogens is 229 g/mol. The van der Waals surface area contributed by atoms with Crippen molar-refractivity contribution in [2.24, 2.45) is 0 Å². The lowest BCUT2D eigenvalue weighted by Crippen LogP contribution is -2.09. The number of halogens is 1. The van der Waals surface area contributed by atoms with E-state index < -0.39 is 6.10 Å². The lowest BCUT2D eigenvalue weighted by molar-refractivity contribution is 0.149. The predicted octanol–water partition coefficient (Wildman–Crippen LogP) is 3.37. The zero-order valence-electron chi connectivity index (χ0n) is 10.5. The van der Waals surface area contributed by atoms with Gasteiger partial charge in [-0.3, -0.25) is 4.98 Å². The number of aromatic nitrogens is 1. The van der Waals surface area contributed by atoms with Gasteiger partial charge in [0.15, 0.2) is 0 Å². The largest absolute Gasteiger partial charge is 0.388 e. The van der Waals surface area contributed by atoms with E-state index in [2.05, 4.69) is 4.98 Å². The summed E-state index contributed by atoms with van der Waals surface area (Å²) in [5, 5.41) is 10.3. The third-order valence-corrected chi connectivity index (χ3v) is 3.03. The highest BCUT2D eigenvalue weighted by molar-refractivity contribution is 5.27. The van der Waals surface area contributed by atoms with Gasteiger partial charge in [-0.05, 0) is 42.3 Å². The molecule has 94 valence electrons. The van der Waals surface area contributed by atoms with Crippen molar-refractivity contribution in [3.8, 4) is 0 Å². The monoisotopic (exact) mass is 245 g/mol. The molecule has 2 unspecified atom stereocenters. The maximum absolute atomic E-state index is 13.3. The van der Waals surface area contributed by atoms with Gasteiger partial charge < -0.3 is 5.11 Å². The van der Waals surface area contributed by atoms with Crippen LogP contribution < -0.4 is 0 Å². The van der Waals surface area contributed by atoms with Gasteiger partial charge in [0.1, 0.15) is 5.82 Å². The minimum absolute atomic E-state index is 0.174. The smallest absolute Gasteiger partial charge is 0.123 e. The highest BCUT2D eigenvalue weighted by atomic mass is 19.1. The molecule has 2 rings (SSSR count). The molecule has 1 heterocycles. The van der Waals surface area contributed by atoms with E-state index in [1.54, 1.807) is 12.3 Å². The number of aryl methyl sites for hydroxylation is 1. The third kappa shape index (κ3) is 2.74. The summed E-state index contributed by atoms with van der Waals surface area (Å²) >= 11 is 0. The summed E-state index contributed by atoms with van der Waals surface area (Å²) in [6.45, 7) is 3.69. The summed E-state index contributed by atoms with van der Waals surface area (Å²) in [6, 6.07) is 10.2. The number of rotatable bonds is 3. The zero-order valence-corrected chi connectivity index (χ0v) is 10.5. The molecule has 0 saturated carbocycles. The summed E-state index contributed by atoms with van der Waals surface area (Å²) < 4.78 is 13.3. The molecule has 0 aliphatic carbocycles. The molecule has 1 N–H and O–H groups in total. The van der Waals surface area contributed by atoms with Crippen molar-refractivity contribution in [2.45, 2.75) is 25.9 Å². The van der Waals surface area contributed by atoms with Crippen LogP contribution in [0.15, 0.2) is 42.6 Å². The van der Waals surface area contributed by atoms with E-state index in [4.69, 9.17) is 0 Å². The van der Waals surface area contributed by atoms with Crippen LogP contribution in [0.5, 0.6) is 0 Å². The first-order chi connectivity index (χ1) is 8.58. The van der Waals surface area contributed by atoms with E-state index >= 15 is 0 Å². The standard InChI is InChI=1S/C15H16FNO/c1-10-7-12(9-13(16)8-10)15(18)11(2)14-5-3-4-6-17-14/h3-9,11,15,18H,1-2H3. The van der Waals surface area contributed by atoms with E-state index in [1.807, 2.05) is 32.0 Å². The second-order valence-electron chi connectivity index (χ2n) is 4.55. The molecular formula is C15H16FNO. The molecule has 18 heavy (non-hydrogen) atoms. The zero-order chi connectivity index (χ0) is 13.1. The first-order valence-electron chi connectivity index (χ1n) is 5.94. The van der Waals surface area contributed by atoms with E-state index in [0.29, 0.717) is 5.56 Å². The number of benzene rings is 1. The Bertz CT molecular complexity index is 507. The maximum atomic E-state index is 13.3. The second kappa shape index (κ2) is 5.27. The van der Waals surface area contributed by atoms with Crippen LogP contribution in [0, 0.1) is 12.7 Å². The van der Waals surface area contributed by atoms with Crippen LogP contribution in [0.4, 0.5) is 4.39 Å². The van der Waals surface area contributed by atoms with Crippen molar-refractivity contribution in [1.29, 1.82) is 0 Å². The Morgan fingerprint density at radius 2 is 2.00 bits per heavy atom. The van der Waals surface area contributed by atoms with Crippen molar-refractivity contribution in [3.63, 3.8) is 0 Å². The Morgan fingerprint density at radius 3 is 2.61 bits per heavy atom. The van der Waals surface area contributed by atoms with Crippen molar-refractivity contribution >= 4 is 0 Å². The van der Waals surface area contributed by atoms with Gasteiger partial charge in [0.25, 0.3) is 0 Å². The third-order valence-electron chi connectivity index (χ3n) is 3.03. The summed E-state index contributed by atoms with van der Waals surface area (Å²) in [5.41, 5.74) is 2.19. The van der Waals surface area contributed by atoms with Crippen LogP contribution in [0.1, 0.15) is 35.8 Å². The molecule has 0 saturated heterocycles. The Hall–Kier alpha value is -1.74. The van der Waals surface area contributed by atoms with E-state index in [-0.39, 0.29) is 11.7 Å². The SMILES string of the molecule is Cc1cc(F)cc(C(O)C(C)c2ccccn2)c1. The Balaban J connectivity index is 2.28. The Morgan fingerprint density at radius 1 is 1.22 bits per heavy atom. The molecule has 3 heteroatoms. The highest BCUT2D eigenvalue weighted by Crippen LogP contribution is 2.30. The van der Waals surface area contributed by atoms with Gasteiger partial charge in [0.2, 0.25) is 0 Å². The predicted molar refractivity (Wildman–Crippen MR) is 68.7 cm³/mol. The topological polar surface area (TPSA) is 33.1 Å². The van der Waals surface area contributed by atoms with Gasteiger partial charge in [-0.15, -0.1) is 0 Å². The van der Waals surface area contributed by atoms with E-state index in [0.717, 1.165) is 11.3 Å². The number of nitrogens with zero attached hydrogens (tertiary/aromatic N) is 1. The van der Waals surface area contributed by atoms with Crippen molar-refractivity contribution in [3.05, 3.63) is 65.2 Å². The van der Waals surface area contributed by atoms with Gasteiger partial charge in [-0.25, -0.2) is 4.39 Å². The van der Waals surface area contributed by atoms with Gasteiger partial charge in [-0.2, -0.15) is 0 Å². The lowest BCUT2D eigenvalue weighted by Gasteiger charge is -2.19. The molecule has 0 spiro atoms. The summed E-state index contributed by atoms with van der Waals surface area (Å²) in [7, 11) is 0. The van der Waals surface area contributed by atoms with Crippen molar-refractivity contribution in [1.82, 2.24) is 4.98 Å². The van der Waals surface area contributed by atoms with Gasteiger partial charge in [0, 0.05) is 17.8 Å². The molecule has 0 fully saturated rings. The van der Waals surface area contributed by atoms with Crippen molar-refractivity contribution < 1.29 is 9.50 Å². The molecule has 1 aromatic carbocycles. The Labute approximate surface area is 106 Å². The van der Waals surface area contributed by atoms with Crippen LogP contribution in [0.25, 0.3) is 0 Å². The molecule has 0 bridgehead atoms. The number of hydrogen-bond acceptors (Lipinski definition) is 2. The van der Waals surface area contributed by atoms with Crippen LogP contribution in [-0.2, 0) is 0 Å². The highest BCUT2D eigenvalue weighted by Gasteiger charge is 2.19. The fraction of sp³-hybridized carbons (Fsp3) is 0.267. The van der Waals surface area contributed by atoms with Crippen LogP contribution in [0.2, 0.25) is 0 Å².